The average Bonchev–Trinajstić information content (AvgIpc) is 3.51. The number of carbonyl (C=O) groups excluding carboxylic acids is 1. The van der Waals surface area contributed by atoms with Gasteiger partial charge in [-0.25, -0.2) is 9.37 Å². The van der Waals surface area contributed by atoms with Gasteiger partial charge in [0, 0.05) is 24.0 Å². The zero-order valence-electron chi connectivity index (χ0n) is 17.9. The van der Waals surface area contributed by atoms with Gasteiger partial charge in [-0.15, -0.1) is 21.5 Å². The van der Waals surface area contributed by atoms with Crippen LogP contribution in [0, 0.1) is 5.82 Å². The highest BCUT2D eigenvalue weighted by Gasteiger charge is 2.23. The van der Waals surface area contributed by atoms with Crippen LogP contribution >= 0.6 is 34.7 Å². The second-order valence-electron chi connectivity index (χ2n) is 7.39. The van der Waals surface area contributed by atoms with Crippen molar-refractivity contribution in [3.05, 3.63) is 75.5 Å². The van der Waals surface area contributed by atoms with E-state index in [1.54, 1.807) is 39.1 Å². The Balaban J connectivity index is 1.42. The molecular formula is C23H19ClFN5O2S2. The maximum atomic E-state index is 14.8. The Bertz CT molecular complexity index is 1320. The van der Waals surface area contributed by atoms with Gasteiger partial charge in [-0.05, 0) is 24.3 Å². The summed E-state index contributed by atoms with van der Waals surface area (Å²) in [5, 5.41) is 12.2. The number of hydrogen-bond acceptors (Lipinski definition) is 7. The van der Waals surface area contributed by atoms with E-state index in [4.69, 9.17) is 16.3 Å². The standard InChI is InChI=1S/C23H19ClFN5O2S2/c24-16-6-2-1-5-15(16)21-27-28-23(30(21)19-8-4-3-7-17(19)25)34-14-20-26-18(13-33-20)22(31)29-9-11-32-12-10-29/h1-8,13H,9-12,14H2. The van der Waals surface area contributed by atoms with Crippen molar-refractivity contribution in [2.75, 3.05) is 26.3 Å². The van der Waals surface area contributed by atoms with Crippen LogP contribution in [0.2, 0.25) is 5.02 Å². The minimum Gasteiger partial charge on any atom is -0.378 e. The molecule has 1 saturated heterocycles. The third-order valence-corrected chi connectivity index (χ3v) is 7.54. The Morgan fingerprint density at radius 2 is 1.88 bits per heavy atom. The minimum absolute atomic E-state index is 0.0914. The van der Waals surface area contributed by atoms with Gasteiger partial charge in [0.05, 0.1) is 29.7 Å². The van der Waals surface area contributed by atoms with E-state index in [2.05, 4.69) is 15.2 Å². The fourth-order valence-electron chi connectivity index (χ4n) is 3.56. The average molecular weight is 516 g/mol. The molecule has 1 aliphatic heterocycles. The van der Waals surface area contributed by atoms with Gasteiger partial charge in [0.15, 0.2) is 11.0 Å². The predicted molar refractivity (Wildman–Crippen MR) is 130 cm³/mol. The molecule has 4 aromatic rings. The van der Waals surface area contributed by atoms with Crippen LogP contribution in [0.4, 0.5) is 4.39 Å². The summed E-state index contributed by atoms with van der Waals surface area (Å²) in [6, 6.07) is 13.7. The zero-order chi connectivity index (χ0) is 23.5. The molecule has 2 aromatic carbocycles. The number of thioether (sulfide) groups is 1. The first-order chi connectivity index (χ1) is 16.6. The molecule has 34 heavy (non-hydrogen) atoms. The zero-order valence-corrected chi connectivity index (χ0v) is 20.2. The molecule has 3 heterocycles. The molecule has 0 bridgehead atoms. The van der Waals surface area contributed by atoms with E-state index in [0.717, 1.165) is 5.01 Å². The van der Waals surface area contributed by atoms with Crippen LogP contribution in [0.5, 0.6) is 0 Å². The highest BCUT2D eigenvalue weighted by molar-refractivity contribution is 7.98. The van der Waals surface area contributed by atoms with Gasteiger partial charge < -0.3 is 9.64 Å². The van der Waals surface area contributed by atoms with Gasteiger partial charge in [-0.2, -0.15) is 0 Å². The number of rotatable bonds is 6. The molecule has 1 fully saturated rings. The van der Waals surface area contributed by atoms with Gasteiger partial charge in [-0.1, -0.05) is 47.6 Å². The van der Waals surface area contributed by atoms with E-state index < -0.39 is 5.82 Å². The molecule has 7 nitrogen and oxygen atoms in total. The summed E-state index contributed by atoms with van der Waals surface area (Å²) in [6.45, 7) is 2.21. The Kier molecular flexibility index (Phi) is 6.91. The lowest BCUT2D eigenvalue weighted by molar-refractivity contribution is 0.0299. The number of carbonyl (C=O) groups is 1. The van der Waals surface area contributed by atoms with Crippen molar-refractivity contribution in [1.82, 2.24) is 24.6 Å². The van der Waals surface area contributed by atoms with Gasteiger partial charge in [0.1, 0.15) is 16.5 Å². The molecule has 0 spiro atoms. The van der Waals surface area contributed by atoms with Gasteiger partial charge in [-0.3, -0.25) is 9.36 Å². The van der Waals surface area contributed by atoms with Crippen molar-refractivity contribution < 1.29 is 13.9 Å². The highest BCUT2D eigenvalue weighted by Crippen LogP contribution is 2.34. The van der Waals surface area contributed by atoms with E-state index in [-0.39, 0.29) is 5.91 Å². The van der Waals surface area contributed by atoms with E-state index in [9.17, 15) is 9.18 Å². The summed E-state index contributed by atoms with van der Waals surface area (Å²) < 4.78 is 21.8. The molecule has 0 atom stereocenters. The molecule has 1 amide bonds. The second kappa shape index (κ2) is 10.2. The lowest BCUT2D eigenvalue weighted by Gasteiger charge is -2.25. The SMILES string of the molecule is O=C(c1csc(CSc2nnc(-c3ccccc3Cl)n2-c2ccccc2F)n1)N1CCOCC1. The van der Waals surface area contributed by atoms with Gasteiger partial charge in [0.2, 0.25) is 0 Å². The molecule has 0 saturated carbocycles. The van der Waals surface area contributed by atoms with Crippen LogP contribution in [0.15, 0.2) is 59.1 Å². The van der Waals surface area contributed by atoms with Crippen molar-refractivity contribution in [3.8, 4) is 17.1 Å². The lowest BCUT2D eigenvalue weighted by Crippen LogP contribution is -2.40. The quantitative estimate of drug-likeness (QED) is 0.338. The first kappa shape index (κ1) is 23.0. The number of ether oxygens (including phenoxy) is 1. The molecule has 1 aliphatic rings. The number of benzene rings is 2. The topological polar surface area (TPSA) is 73.1 Å². The predicted octanol–water partition coefficient (Wildman–Crippen LogP) is 4.95. The maximum Gasteiger partial charge on any atom is 0.273 e. The molecule has 0 aliphatic carbocycles. The number of thiazole rings is 1. The van der Waals surface area contributed by atoms with Crippen molar-refractivity contribution in [2.45, 2.75) is 10.9 Å². The Morgan fingerprint density at radius 1 is 1.12 bits per heavy atom. The molecule has 0 radical (unpaired) electrons. The number of amides is 1. The second-order valence-corrected chi connectivity index (χ2v) is 9.68. The number of aromatic nitrogens is 4. The number of hydrogen-bond donors (Lipinski definition) is 0. The number of halogens is 2. The van der Waals surface area contributed by atoms with Crippen LogP contribution in [-0.4, -0.2) is 56.9 Å². The monoisotopic (exact) mass is 515 g/mol. The van der Waals surface area contributed by atoms with E-state index in [1.165, 1.54) is 29.2 Å². The van der Waals surface area contributed by atoms with Crippen LogP contribution in [0.3, 0.4) is 0 Å². The fraction of sp³-hybridized carbons (Fsp3) is 0.217. The van der Waals surface area contributed by atoms with Crippen molar-refractivity contribution in [1.29, 1.82) is 0 Å². The Morgan fingerprint density at radius 3 is 2.68 bits per heavy atom. The summed E-state index contributed by atoms with van der Waals surface area (Å²) in [4.78, 5) is 18.9. The molecule has 11 heteroatoms. The van der Waals surface area contributed by atoms with Crippen LogP contribution < -0.4 is 0 Å². The van der Waals surface area contributed by atoms with Crippen molar-refractivity contribution >= 4 is 40.6 Å². The van der Waals surface area contributed by atoms with Crippen molar-refractivity contribution in [3.63, 3.8) is 0 Å². The van der Waals surface area contributed by atoms with Crippen LogP contribution in [0.1, 0.15) is 15.5 Å². The molecule has 0 N–H and O–H groups in total. The van der Waals surface area contributed by atoms with Crippen LogP contribution in [0.25, 0.3) is 17.1 Å². The van der Waals surface area contributed by atoms with Gasteiger partial charge in [0.25, 0.3) is 5.91 Å². The first-order valence-corrected chi connectivity index (χ1v) is 12.8. The lowest BCUT2D eigenvalue weighted by atomic mass is 10.2. The highest BCUT2D eigenvalue weighted by atomic mass is 35.5. The summed E-state index contributed by atoms with van der Waals surface area (Å²) in [6.07, 6.45) is 0. The molecule has 0 unspecified atom stereocenters. The molecule has 2 aromatic heterocycles. The largest absolute Gasteiger partial charge is 0.378 e. The van der Waals surface area contributed by atoms with Gasteiger partial charge >= 0.3 is 0 Å². The normalized spacial score (nSPS) is 13.9. The summed E-state index contributed by atoms with van der Waals surface area (Å²) in [5.41, 5.74) is 1.40. The third kappa shape index (κ3) is 4.72. The van der Waals surface area contributed by atoms with Crippen molar-refractivity contribution in [2.24, 2.45) is 0 Å². The molecular weight excluding hydrogens is 497 g/mol. The van der Waals surface area contributed by atoms with E-state index in [0.29, 0.717) is 65.0 Å². The summed E-state index contributed by atoms with van der Waals surface area (Å²) in [5.74, 6) is 0.410. The fourth-order valence-corrected chi connectivity index (χ4v) is 5.51. The first-order valence-electron chi connectivity index (χ1n) is 10.5. The summed E-state index contributed by atoms with van der Waals surface area (Å²) in [7, 11) is 0. The number of nitrogens with zero attached hydrogens (tertiary/aromatic N) is 5. The minimum atomic E-state index is -0.398. The Hall–Kier alpha value is -2.79. The van der Waals surface area contributed by atoms with Crippen LogP contribution in [-0.2, 0) is 10.5 Å². The number of para-hydroxylation sites is 1. The summed E-state index contributed by atoms with van der Waals surface area (Å²) >= 11 is 9.18. The Labute approximate surface area is 208 Å². The smallest absolute Gasteiger partial charge is 0.273 e. The molecule has 174 valence electrons. The maximum absolute atomic E-state index is 14.8. The van der Waals surface area contributed by atoms with E-state index in [1.807, 2.05) is 18.2 Å². The van der Waals surface area contributed by atoms with E-state index >= 15 is 0 Å². The third-order valence-electron chi connectivity index (χ3n) is 5.24. The molecule has 5 rings (SSSR count). The number of morpholine rings is 1.